The van der Waals surface area contributed by atoms with Crippen LogP contribution in [0, 0.1) is 0 Å². The van der Waals surface area contributed by atoms with Crippen LogP contribution in [-0.4, -0.2) is 31.1 Å². The summed E-state index contributed by atoms with van der Waals surface area (Å²) in [5.74, 6) is -0.597. The Kier molecular flexibility index (Phi) is 4.16. The molecule has 5 heteroatoms. The van der Waals surface area contributed by atoms with E-state index in [4.69, 9.17) is 9.47 Å². The van der Waals surface area contributed by atoms with E-state index < -0.39 is 11.5 Å². The van der Waals surface area contributed by atoms with Gasteiger partial charge in [-0.05, 0) is 12.0 Å². The van der Waals surface area contributed by atoms with Crippen LogP contribution in [-0.2, 0) is 25.7 Å². The molecular weight excluding hydrogens is 246 g/mol. The first kappa shape index (κ1) is 13.5. The van der Waals surface area contributed by atoms with Crippen LogP contribution < -0.4 is 5.32 Å². The lowest BCUT2D eigenvalue weighted by atomic mass is 9.99. The van der Waals surface area contributed by atoms with Crippen LogP contribution in [0.4, 0.5) is 0 Å². The second kappa shape index (κ2) is 5.84. The summed E-state index contributed by atoms with van der Waals surface area (Å²) in [6, 6.07) is 9.66. The first-order valence-electron chi connectivity index (χ1n) is 6.17. The van der Waals surface area contributed by atoms with Gasteiger partial charge in [0.1, 0.15) is 0 Å². The van der Waals surface area contributed by atoms with Gasteiger partial charge in [0, 0.05) is 6.42 Å². The molecule has 0 radical (unpaired) electrons. The van der Waals surface area contributed by atoms with Gasteiger partial charge in [0.15, 0.2) is 5.54 Å². The molecular formula is C14H17NO4. The molecule has 0 aliphatic carbocycles. The molecule has 1 amide bonds. The Hall–Kier alpha value is -1.88. The Morgan fingerprint density at radius 1 is 1.37 bits per heavy atom. The lowest BCUT2D eigenvalue weighted by molar-refractivity contribution is -0.152. The first-order valence-corrected chi connectivity index (χ1v) is 6.17. The minimum Gasteiger partial charge on any atom is -0.467 e. The van der Waals surface area contributed by atoms with Crippen molar-refractivity contribution in [1.82, 2.24) is 5.32 Å². The van der Waals surface area contributed by atoms with E-state index in [0.717, 1.165) is 5.56 Å². The average Bonchev–Trinajstić information content (AvgIpc) is 2.82. The van der Waals surface area contributed by atoms with Crippen molar-refractivity contribution in [2.75, 3.05) is 13.7 Å². The number of benzene rings is 1. The Morgan fingerprint density at radius 2 is 2.11 bits per heavy atom. The molecule has 1 aliphatic heterocycles. The van der Waals surface area contributed by atoms with Gasteiger partial charge in [0.05, 0.1) is 20.3 Å². The van der Waals surface area contributed by atoms with Gasteiger partial charge in [-0.25, -0.2) is 4.79 Å². The summed E-state index contributed by atoms with van der Waals surface area (Å²) < 4.78 is 10.3. The average molecular weight is 263 g/mol. The maximum Gasteiger partial charge on any atom is 0.334 e. The SMILES string of the molecule is COC(=O)[C@]1(COCc2ccccc2)CCC(=O)N1. The first-order chi connectivity index (χ1) is 9.16. The van der Waals surface area contributed by atoms with Crippen molar-refractivity contribution in [3.63, 3.8) is 0 Å². The molecule has 1 N–H and O–H groups in total. The summed E-state index contributed by atoms with van der Waals surface area (Å²) in [5, 5.41) is 2.67. The van der Waals surface area contributed by atoms with Crippen LogP contribution in [0.15, 0.2) is 30.3 Å². The molecule has 1 aliphatic rings. The molecule has 0 saturated carbocycles. The third kappa shape index (κ3) is 3.12. The number of hydrogen-bond donors (Lipinski definition) is 1. The van der Waals surface area contributed by atoms with Crippen molar-refractivity contribution in [2.45, 2.75) is 25.0 Å². The highest BCUT2D eigenvalue weighted by atomic mass is 16.5. The monoisotopic (exact) mass is 263 g/mol. The number of methoxy groups -OCH3 is 1. The third-order valence-corrected chi connectivity index (χ3v) is 3.19. The van der Waals surface area contributed by atoms with Gasteiger partial charge < -0.3 is 14.8 Å². The number of amides is 1. The summed E-state index contributed by atoms with van der Waals surface area (Å²) in [5.41, 5.74) is -0.00695. The van der Waals surface area contributed by atoms with Crippen molar-refractivity contribution < 1.29 is 19.1 Å². The van der Waals surface area contributed by atoms with Gasteiger partial charge in [-0.2, -0.15) is 0 Å². The standard InChI is InChI=1S/C14H17NO4/c1-18-13(17)14(8-7-12(16)15-14)10-19-9-11-5-3-2-4-6-11/h2-6H,7-10H2,1H3,(H,15,16)/t14-/m1/s1. The Balaban J connectivity index is 1.94. The molecule has 1 aromatic carbocycles. The van der Waals surface area contributed by atoms with Crippen molar-refractivity contribution in [2.24, 2.45) is 0 Å². The quantitative estimate of drug-likeness (QED) is 0.806. The number of ether oxygens (including phenoxy) is 2. The third-order valence-electron chi connectivity index (χ3n) is 3.19. The smallest absolute Gasteiger partial charge is 0.334 e. The number of carbonyl (C=O) groups excluding carboxylic acids is 2. The van der Waals surface area contributed by atoms with Crippen LogP contribution in [0.3, 0.4) is 0 Å². The molecule has 1 heterocycles. The zero-order valence-corrected chi connectivity index (χ0v) is 10.8. The topological polar surface area (TPSA) is 64.6 Å². The minimum atomic E-state index is -1.03. The highest BCUT2D eigenvalue weighted by Gasteiger charge is 2.45. The van der Waals surface area contributed by atoms with Gasteiger partial charge in [0.25, 0.3) is 0 Å². The molecule has 1 atom stereocenters. The molecule has 0 bridgehead atoms. The second-order valence-corrected chi connectivity index (χ2v) is 4.60. The van der Waals surface area contributed by atoms with Crippen LogP contribution in [0.25, 0.3) is 0 Å². The maximum absolute atomic E-state index is 11.8. The van der Waals surface area contributed by atoms with E-state index in [2.05, 4.69) is 5.32 Å². The zero-order chi connectivity index (χ0) is 13.7. The van der Waals surface area contributed by atoms with Crippen LogP contribution in [0.1, 0.15) is 18.4 Å². The van der Waals surface area contributed by atoms with Crippen LogP contribution in [0.2, 0.25) is 0 Å². The van der Waals surface area contributed by atoms with Gasteiger partial charge in [-0.3, -0.25) is 4.79 Å². The number of hydrogen-bond acceptors (Lipinski definition) is 4. The molecule has 2 rings (SSSR count). The fraction of sp³-hybridized carbons (Fsp3) is 0.429. The largest absolute Gasteiger partial charge is 0.467 e. The van der Waals surface area contributed by atoms with E-state index in [1.165, 1.54) is 7.11 Å². The fourth-order valence-corrected chi connectivity index (χ4v) is 2.15. The second-order valence-electron chi connectivity index (χ2n) is 4.60. The van der Waals surface area contributed by atoms with Crippen molar-refractivity contribution in [3.8, 4) is 0 Å². The minimum absolute atomic E-state index is 0.125. The molecule has 102 valence electrons. The summed E-state index contributed by atoms with van der Waals surface area (Å²) in [6.45, 7) is 0.524. The van der Waals surface area contributed by atoms with E-state index in [0.29, 0.717) is 19.4 Å². The Bertz CT molecular complexity index is 460. The van der Waals surface area contributed by atoms with E-state index in [9.17, 15) is 9.59 Å². The predicted octanol–water partition coefficient (Wildman–Crippen LogP) is 1.02. The van der Waals surface area contributed by atoms with Crippen molar-refractivity contribution in [1.29, 1.82) is 0 Å². The van der Waals surface area contributed by atoms with E-state index in [1.807, 2.05) is 30.3 Å². The normalized spacial score (nSPS) is 22.1. The maximum atomic E-state index is 11.8. The Morgan fingerprint density at radius 3 is 2.68 bits per heavy atom. The van der Waals surface area contributed by atoms with E-state index in [1.54, 1.807) is 0 Å². The molecule has 1 fully saturated rings. The summed E-state index contributed by atoms with van der Waals surface area (Å²) in [7, 11) is 1.31. The van der Waals surface area contributed by atoms with Gasteiger partial charge >= 0.3 is 5.97 Å². The lowest BCUT2D eigenvalue weighted by Gasteiger charge is -2.25. The van der Waals surface area contributed by atoms with Crippen LogP contribution >= 0.6 is 0 Å². The molecule has 1 aromatic rings. The summed E-state index contributed by atoms with van der Waals surface area (Å²) in [4.78, 5) is 23.1. The molecule has 1 saturated heterocycles. The Labute approximate surface area is 111 Å². The lowest BCUT2D eigenvalue weighted by Crippen LogP contribution is -2.53. The van der Waals surface area contributed by atoms with E-state index >= 15 is 0 Å². The molecule has 0 spiro atoms. The number of esters is 1. The van der Waals surface area contributed by atoms with Gasteiger partial charge in [-0.1, -0.05) is 30.3 Å². The van der Waals surface area contributed by atoms with Gasteiger partial charge in [-0.15, -0.1) is 0 Å². The van der Waals surface area contributed by atoms with Crippen LogP contribution in [0.5, 0.6) is 0 Å². The number of carbonyl (C=O) groups is 2. The zero-order valence-electron chi connectivity index (χ0n) is 10.8. The number of nitrogens with one attached hydrogen (secondary N) is 1. The summed E-state index contributed by atoms with van der Waals surface area (Å²) in [6.07, 6.45) is 0.733. The highest BCUT2D eigenvalue weighted by molar-refractivity contribution is 5.91. The fourth-order valence-electron chi connectivity index (χ4n) is 2.15. The summed E-state index contributed by atoms with van der Waals surface area (Å²) >= 11 is 0. The molecule has 19 heavy (non-hydrogen) atoms. The molecule has 0 unspecified atom stereocenters. The van der Waals surface area contributed by atoms with Crippen molar-refractivity contribution in [3.05, 3.63) is 35.9 Å². The van der Waals surface area contributed by atoms with E-state index in [-0.39, 0.29) is 12.5 Å². The van der Waals surface area contributed by atoms with Crippen molar-refractivity contribution >= 4 is 11.9 Å². The predicted molar refractivity (Wildman–Crippen MR) is 68.2 cm³/mol. The van der Waals surface area contributed by atoms with Gasteiger partial charge in [0.2, 0.25) is 5.91 Å². The number of rotatable bonds is 5. The molecule has 0 aromatic heterocycles. The molecule has 5 nitrogen and oxygen atoms in total. The highest BCUT2D eigenvalue weighted by Crippen LogP contribution is 2.22.